The molecule has 1 heterocycles. The molecule has 0 aliphatic heterocycles. The first-order valence-electron chi connectivity index (χ1n) is 8.04. The number of anilines is 1. The lowest BCUT2D eigenvalue weighted by Crippen LogP contribution is -2.30. The van der Waals surface area contributed by atoms with Crippen LogP contribution in [-0.2, 0) is 5.75 Å². The fraction of sp³-hybridized carbons (Fsp3) is 0.353. The maximum atomic E-state index is 11.9. The number of nitrogens with two attached hydrogens (primary N) is 1. The second kappa shape index (κ2) is 9.43. The number of amides is 3. The molecule has 0 fully saturated rings. The van der Waals surface area contributed by atoms with Gasteiger partial charge in [-0.05, 0) is 30.4 Å². The van der Waals surface area contributed by atoms with Gasteiger partial charge in [0.15, 0.2) is 0 Å². The highest BCUT2D eigenvalue weighted by atomic mass is 32.2. The number of aromatic nitrogens is 1. The third-order valence-corrected chi connectivity index (χ3v) is 5.37. The van der Waals surface area contributed by atoms with Crippen molar-refractivity contribution in [2.24, 2.45) is 5.73 Å². The van der Waals surface area contributed by atoms with Crippen molar-refractivity contribution < 1.29 is 9.59 Å². The van der Waals surface area contributed by atoms with Gasteiger partial charge >= 0.3 is 6.03 Å². The Morgan fingerprint density at radius 1 is 1.28 bits per heavy atom. The normalized spacial score (nSPS) is 10.5. The number of primary amides is 1. The summed E-state index contributed by atoms with van der Waals surface area (Å²) in [6, 6.07) is 7.81. The lowest BCUT2D eigenvalue weighted by molar-refractivity contribution is 0.0998. The van der Waals surface area contributed by atoms with Crippen molar-refractivity contribution in [3.63, 3.8) is 0 Å². The molecule has 0 saturated carbocycles. The second-order valence-electron chi connectivity index (χ2n) is 5.56. The van der Waals surface area contributed by atoms with Crippen LogP contribution in [0.5, 0.6) is 0 Å². The van der Waals surface area contributed by atoms with Crippen molar-refractivity contribution >= 4 is 40.2 Å². The van der Waals surface area contributed by atoms with Gasteiger partial charge in [-0.1, -0.05) is 54.9 Å². The molecule has 25 heavy (non-hydrogen) atoms. The average Bonchev–Trinajstić information content (AvgIpc) is 2.97. The number of rotatable bonds is 8. The Morgan fingerprint density at radius 3 is 2.64 bits per heavy atom. The molecule has 0 aliphatic rings. The zero-order chi connectivity index (χ0) is 18.2. The van der Waals surface area contributed by atoms with Gasteiger partial charge in [-0.15, -0.1) is 0 Å². The minimum atomic E-state index is -0.594. The van der Waals surface area contributed by atoms with Gasteiger partial charge in [0.05, 0.1) is 0 Å². The first-order chi connectivity index (χ1) is 12.0. The Balaban J connectivity index is 2.04. The van der Waals surface area contributed by atoms with Gasteiger partial charge < -0.3 is 11.1 Å². The van der Waals surface area contributed by atoms with E-state index in [-0.39, 0.29) is 11.6 Å². The molecule has 0 spiro atoms. The fourth-order valence-electron chi connectivity index (χ4n) is 2.04. The molecular formula is C17H22N4O2S2. The largest absolute Gasteiger partial charge is 0.365 e. The smallest absolute Gasteiger partial charge is 0.319 e. The molecule has 0 aliphatic carbocycles. The van der Waals surface area contributed by atoms with E-state index >= 15 is 0 Å². The Hall–Kier alpha value is -2.06. The molecule has 0 bridgehead atoms. The third-order valence-electron chi connectivity index (χ3n) is 3.45. The molecule has 1 aromatic heterocycles. The van der Waals surface area contributed by atoms with Gasteiger partial charge in [-0.3, -0.25) is 10.1 Å². The summed E-state index contributed by atoms with van der Waals surface area (Å²) in [6.07, 6.45) is 1.89. The van der Waals surface area contributed by atoms with Gasteiger partial charge in [0, 0.05) is 12.3 Å². The van der Waals surface area contributed by atoms with Crippen LogP contribution < -0.4 is 16.4 Å². The first-order valence-corrected chi connectivity index (χ1v) is 9.79. The molecule has 0 radical (unpaired) electrons. The SMILES string of the molecule is CCCCNC(=O)Nc1snc(SCc2ccc(C)cc2)c1C(N)=O. The molecule has 0 unspecified atom stereocenters. The summed E-state index contributed by atoms with van der Waals surface area (Å²) in [5.74, 6) is 0.0795. The van der Waals surface area contributed by atoms with Crippen LogP contribution in [0.1, 0.15) is 41.3 Å². The highest BCUT2D eigenvalue weighted by Gasteiger charge is 2.20. The number of hydrogen-bond acceptors (Lipinski definition) is 5. The molecule has 4 N–H and O–H groups in total. The van der Waals surface area contributed by atoms with Crippen LogP contribution in [0.25, 0.3) is 0 Å². The summed E-state index contributed by atoms with van der Waals surface area (Å²) in [4.78, 5) is 23.7. The van der Waals surface area contributed by atoms with E-state index in [4.69, 9.17) is 5.73 Å². The maximum absolute atomic E-state index is 11.9. The Morgan fingerprint density at radius 2 is 2.00 bits per heavy atom. The van der Waals surface area contributed by atoms with Crippen LogP contribution >= 0.6 is 23.3 Å². The van der Waals surface area contributed by atoms with E-state index in [9.17, 15) is 9.59 Å². The number of thioether (sulfide) groups is 1. The highest BCUT2D eigenvalue weighted by molar-refractivity contribution is 7.98. The maximum Gasteiger partial charge on any atom is 0.319 e. The Bertz CT molecular complexity index is 729. The van der Waals surface area contributed by atoms with Crippen molar-refractivity contribution in [2.45, 2.75) is 37.5 Å². The van der Waals surface area contributed by atoms with Crippen LogP contribution in [0.3, 0.4) is 0 Å². The van der Waals surface area contributed by atoms with Crippen LogP contribution in [-0.4, -0.2) is 22.9 Å². The van der Waals surface area contributed by atoms with Crippen LogP contribution in [0.2, 0.25) is 0 Å². The van der Waals surface area contributed by atoms with Crippen LogP contribution in [0.4, 0.5) is 9.80 Å². The standard InChI is InChI=1S/C17H22N4O2S2/c1-3-4-9-19-17(23)20-15-13(14(18)22)16(21-25-15)24-10-12-7-5-11(2)6-8-12/h5-8H,3-4,9-10H2,1-2H3,(H2,18,22)(H2,19,20,23). The molecular weight excluding hydrogens is 356 g/mol. The minimum Gasteiger partial charge on any atom is -0.365 e. The monoisotopic (exact) mass is 378 g/mol. The third kappa shape index (κ3) is 5.75. The van der Waals surface area contributed by atoms with Gasteiger partial charge in [-0.2, -0.15) is 4.37 Å². The molecule has 2 rings (SSSR count). The van der Waals surface area contributed by atoms with Crippen molar-refractivity contribution in [3.05, 3.63) is 41.0 Å². The molecule has 0 atom stereocenters. The van der Waals surface area contributed by atoms with Crippen molar-refractivity contribution in [1.29, 1.82) is 0 Å². The second-order valence-corrected chi connectivity index (χ2v) is 7.30. The number of carbonyl (C=O) groups is 2. The summed E-state index contributed by atoms with van der Waals surface area (Å²) in [6.45, 7) is 4.67. The van der Waals surface area contributed by atoms with Gasteiger partial charge in [-0.25, -0.2) is 4.79 Å². The average molecular weight is 379 g/mol. The van der Waals surface area contributed by atoms with Crippen LogP contribution in [0.15, 0.2) is 29.3 Å². The molecule has 0 saturated heterocycles. The number of carbonyl (C=O) groups excluding carboxylic acids is 2. The number of unbranched alkanes of at least 4 members (excludes halogenated alkanes) is 1. The van der Waals surface area contributed by atoms with Gasteiger partial charge in [0.1, 0.15) is 15.6 Å². The summed E-state index contributed by atoms with van der Waals surface area (Å²) in [5, 5.41) is 6.33. The number of aryl methyl sites for hydroxylation is 1. The quantitative estimate of drug-likeness (QED) is 0.481. The highest BCUT2D eigenvalue weighted by Crippen LogP contribution is 2.33. The Kier molecular flexibility index (Phi) is 7.27. The number of nitrogens with one attached hydrogen (secondary N) is 2. The zero-order valence-electron chi connectivity index (χ0n) is 14.3. The van der Waals surface area contributed by atoms with E-state index in [0.29, 0.717) is 22.3 Å². The van der Waals surface area contributed by atoms with Crippen LogP contribution in [0, 0.1) is 6.92 Å². The van der Waals surface area contributed by atoms with E-state index < -0.39 is 5.91 Å². The summed E-state index contributed by atoms with van der Waals surface area (Å²) in [7, 11) is 0. The lowest BCUT2D eigenvalue weighted by atomic mass is 10.2. The number of benzene rings is 1. The lowest BCUT2D eigenvalue weighted by Gasteiger charge is -2.06. The predicted octanol–water partition coefficient (Wildman–Crippen LogP) is 3.76. The van der Waals surface area contributed by atoms with Crippen molar-refractivity contribution in [1.82, 2.24) is 9.69 Å². The fourth-order valence-corrected chi connectivity index (χ4v) is 3.96. The summed E-state index contributed by atoms with van der Waals surface area (Å²) < 4.78 is 4.28. The van der Waals surface area contributed by atoms with E-state index in [1.807, 2.05) is 38.1 Å². The molecule has 134 valence electrons. The molecule has 2 aromatic rings. The van der Waals surface area contributed by atoms with E-state index in [1.54, 1.807) is 0 Å². The number of urea groups is 1. The van der Waals surface area contributed by atoms with Gasteiger partial charge in [0.2, 0.25) is 0 Å². The molecule has 6 nitrogen and oxygen atoms in total. The topological polar surface area (TPSA) is 97.1 Å². The number of hydrogen-bond donors (Lipinski definition) is 3. The molecule has 8 heteroatoms. The zero-order valence-corrected chi connectivity index (χ0v) is 15.9. The van der Waals surface area contributed by atoms with E-state index in [2.05, 4.69) is 15.0 Å². The minimum absolute atomic E-state index is 0.271. The summed E-state index contributed by atoms with van der Waals surface area (Å²) >= 11 is 2.50. The Labute approximate surface area is 155 Å². The van der Waals surface area contributed by atoms with E-state index in [1.165, 1.54) is 17.3 Å². The predicted molar refractivity (Wildman–Crippen MR) is 103 cm³/mol. The molecule has 3 amide bonds. The number of nitrogens with zero attached hydrogens (tertiary/aromatic N) is 1. The van der Waals surface area contributed by atoms with Crippen molar-refractivity contribution in [2.75, 3.05) is 11.9 Å². The van der Waals surface area contributed by atoms with Gasteiger partial charge in [0.25, 0.3) is 5.91 Å². The first kappa shape index (κ1) is 19.3. The van der Waals surface area contributed by atoms with Crippen molar-refractivity contribution in [3.8, 4) is 0 Å². The van der Waals surface area contributed by atoms with E-state index in [0.717, 1.165) is 29.9 Å². The summed E-state index contributed by atoms with van der Waals surface area (Å²) in [5.41, 5.74) is 8.09. The molecule has 1 aromatic carbocycles.